The topological polar surface area (TPSA) is 37.3 Å². The van der Waals surface area contributed by atoms with E-state index < -0.39 is 0 Å². The average Bonchev–Trinajstić information content (AvgIpc) is 1.73. The zero-order valence-electron chi connectivity index (χ0n) is 4.55. The SMILES string of the molecule is CC(C)CO.O=S. The molecule has 0 rings (SSSR count). The van der Waals surface area contributed by atoms with Gasteiger partial charge >= 0.3 is 0 Å². The van der Waals surface area contributed by atoms with Crippen LogP contribution >= 0.6 is 0 Å². The third kappa shape index (κ3) is 24.2. The van der Waals surface area contributed by atoms with Gasteiger partial charge in [-0.25, -0.2) is 0 Å². The standard InChI is InChI=1S/C4H10O.OS/c1-4(2)3-5;1-2/h4-5H,3H2,1-2H3;. The van der Waals surface area contributed by atoms with Crippen molar-refractivity contribution in [3.8, 4) is 0 Å². The molecule has 0 saturated heterocycles. The third-order valence-electron chi connectivity index (χ3n) is 0.365. The maximum atomic E-state index is 8.14. The van der Waals surface area contributed by atoms with Crippen LogP contribution in [-0.4, -0.2) is 15.9 Å². The van der Waals surface area contributed by atoms with E-state index in [1.54, 1.807) is 0 Å². The molecule has 0 atom stereocenters. The Hall–Kier alpha value is -0.0200. The lowest BCUT2D eigenvalue weighted by molar-refractivity contribution is 0.248. The normalized spacial score (nSPS) is 7.43. The summed E-state index contributed by atoms with van der Waals surface area (Å²) in [5.74, 6) is 0.440. The van der Waals surface area contributed by atoms with Gasteiger partial charge in [0.1, 0.15) is 0 Å². The summed E-state index contributed by atoms with van der Waals surface area (Å²) in [6.45, 7) is 4.25. The lowest BCUT2D eigenvalue weighted by Gasteiger charge is -1.90. The van der Waals surface area contributed by atoms with Gasteiger partial charge in [0.05, 0.1) is 0 Å². The van der Waals surface area contributed by atoms with Crippen molar-refractivity contribution in [1.82, 2.24) is 0 Å². The Kier molecular flexibility index (Phi) is 13.5. The molecule has 7 heavy (non-hydrogen) atoms. The van der Waals surface area contributed by atoms with Crippen molar-refractivity contribution in [1.29, 1.82) is 0 Å². The van der Waals surface area contributed by atoms with Crippen LogP contribution in [0.25, 0.3) is 0 Å². The molecule has 0 aromatic rings. The van der Waals surface area contributed by atoms with Gasteiger partial charge in [-0.2, -0.15) is 4.21 Å². The molecule has 0 radical (unpaired) electrons. The minimum absolute atomic E-state index is 0.306. The van der Waals surface area contributed by atoms with Crippen molar-refractivity contribution in [2.45, 2.75) is 13.8 Å². The largest absolute Gasteiger partial charge is 0.396 e. The van der Waals surface area contributed by atoms with Crippen LogP contribution < -0.4 is 0 Å². The predicted octanol–water partition coefficient (Wildman–Crippen LogP) is 0.298. The molecule has 2 nitrogen and oxygen atoms in total. The average molecular weight is 122 g/mol. The Morgan fingerprint density at radius 1 is 1.57 bits per heavy atom. The maximum absolute atomic E-state index is 8.14. The summed E-state index contributed by atoms with van der Waals surface area (Å²) in [5.41, 5.74) is 0. The van der Waals surface area contributed by atoms with E-state index in [1.807, 2.05) is 13.8 Å². The molecule has 44 valence electrons. The van der Waals surface area contributed by atoms with Crippen molar-refractivity contribution >= 4 is 12.5 Å². The molecule has 0 spiro atoms. The minimum atomic E-state index is 0.306. The van der Waals surface area contributed by atoms with Gasteiger partial charge in [0.15, 0.2) is 12.5 Å². The zero-order valence-corrected chi connectivity index (χ0v) is 5.36. The highest BCUT2D eigenvalue weighted by atomic mass is 32.1. The molecule has 1 N–H and O–H groups in total. The molecule has 0 aliphatic carbocycles. The third-order valence-corrected chi connectivity index (χ3v) is 0.365. The van der Waals surface area contributed by atoms with Crippen molar-refractivity contribution in [2.24, 2.45) is 5.92 Å². The van der Waals surface area contributed by atoms with Crippen molar-refractivity contribution in [3.63, 3.8) is 0 Å². The molecule has 0 bridgehead atoms. The van der Waals surface area contributed by atoms with E-state index in [1.165, 1.54) is 0 Å². The number of hydrogen-bond acceptors (Lipinski definition) is 3. The molecule has 0 aliphatic rings. The van der Waals surface area contributed by atoms with Gasteiger partial charge in [-0.3, -0.25) is 0 Å². The Balaban J connectivity index is 0. The first-order chi connectivity index (χ1) is 3.27. The number of rotatable bonds is 1. The van der Waals surface area contributed by atoms with Crippen molar-refractivity contribution < 1.29 is 9.32 Å². The van der Waals surface area contributed by atoms with E-state index in [4.69, 9.17) is 9.32 Å². The quantitative estimate of drug-likeness (QED) is 0.543. The van der Waals surface area contributed by atoms with Crippen LogP contribution in [-0.2, 0) is 12.5 Å². The van der Waals surface area contributed by atoms with Gasteiger partial charge < -0.3 is 5.11 Å². The van der Waals surface area contributed by atoms with Gasteiger partial charge in [-0.05, 0) is 5.92 Å². The molecule has 0 heterocycles. The Morgan fingerprint density at radius 2 is 1.71 bits per heavy atom. The van der Waals surface area contributed by atoms with E-state index >= 15 is 0 Å². The summed E-state index contributed by atoms with van der Waals surface area (Å²) in [5, 5.41) is 8.14. The zero-order chi connectivity index (χ0) is 6.28. The summed E-state index contributed by atoms with van der Waals surface area (Å²) in [7, 11) is 0. The van der Waals surface area contributed by atoms with Crippen LogP contribution in [0, 0.1) is 5.92 Å². The molecule has 3 heteroatoms. The second-order valence-corrected chi connectivity index (χ2v) is 1.58. The van der Waals surface area contributed by atoms with Gasteiger partial charge in [0.25, 0.3) is 0 Å². The van der Waals surface area contributed by atoms with Crippen LogP contribution in [0.1, 0.15) is 13.8 Å². The lowest BCUT2D eigenvalue weighted by atomic mass is 10.2. The van der Waals surface area contributed by atoms with Crippen LogP contribution in [0.15, 0.2) is 0 Å². The smallest absolute Gasteiger partial charge is 0.197 e. The first-order valence-corrected chi connectivity index (χ1v) is 2.38. The highest BCUT2D eigenvalue weighted by Gasteiger charge is 1.81. The van der Waals surface area contributed by atoms with E-state index in [0.717, 1.165) is 0 Å². The molecule has 0 aromatic heterocycles. The molecular weight excluding hydrogens is 112 g/mol. The molecule has 0 aromatic carbocycles. The summed E-state index contributed by atoms with van der Waals surface area (Å²) in [6.07, 6.45) is 0. The highest BCUT2D eigenvalue weighted by molar-refractivity contribution is 7.44. The number of hydrogen-bond donors (Lipinski definition) is 1. The van der Waals surface area contributed by atoms with E-state index in [9.17, 15) is 0 Å². The summed E-state index contributed by atoms with van der Waals surface area (Å²) < 4.78 is 7.83. The Bertz CT molecular complexity index is 30.9. The van der Waals surface area contributed by atoms with E-state index in [-0.39, 0.29) is 0 Å². The molecule has 0 saturated carbocycles. The van der Waals surface area contributed by atoms with Crippen LogP contribution in [0.5, 0.6) is 0 Å². The van der Waals surface area contributed by atoms with Crippen molar-refractivity contribution in [3.05, 3.63) is 0 Å². The fourth-order valence-corrected chi connectivity index (χ4v) is 0. The molecule has 0 aliphatic heterocycles. The fourth-order valence-electron chi connectivity index (χ4n) is 0. The number of aliphatic hydroxyl groups excluding tert-OH is 1. The van der Waals surface area contributed by atoms with Gasteiger partial charge in [0.2, 0.25) is 0 Å². The van der Waals surface area contributed by atoms with Gasteiger partial charge in [0, 0.05) is 6.61 Å². The fraction of sp³-hybridized carbons (Fsp3) is 1.00. The van der Waals surface area contributed by atoms with Crippen molar-refractivity contribution in [2.75, 3.05) is 6.61 Å². The second-order valence-electron chi connectivity index (χ2n) is 1.58. The van der Waals surface area contributed by atoms with E-state index in [0.29, 0.717) is 12.5 Å². The van der Waals surface area contributed by atoms with Crippen LogP contribution in [0.2, 0.25) is 0 Å². The first-order valence-electron chi connectivity index (χ1n) is 2.05. The summed E-state index contributed by atoms with van der Waals surface area (Å²) in [4.78, 5) is 0. The van der Waals surface area contributed by atoms with Crippen LogP contribution in [0.4, 0.5) is 0 Å². The molecular formula is C4H10O2S. The Morgan fingerprint density at radius 3 is 1.71 bits per heavy atom. The van der Waals surface area contributed by atoms with Gasteiger partial charge in [-0.1, -0.05) is 13.8 Å². The molecule has 0 fully saturated rings. The summed E-state index contributed by atoms with van der Waals surface area (Å²) >= 11 is 2.83. The molecule has 0 amide bonds. The second kappa shape index (κ2) is 9.36. The lowest BCUT2D eigenvalue weighted by Crippen LogP contribution is -1.90. The molecule has 0 unspecified atom stereocenters. The van der Waals surface area contributed by atoms with Crippen LogP contribution in [0.3, 0.4) is 0 Å². The summed E-state index contributed by atoms with van der Waals surface area (Å²) in [6, 6.07) is 0. The minimum Gasteiger partial charge on any atom is -0.396 e. The van der Waals surface area contributed by atoms with Gasteiger partial charge in [-0.15, -0.1) is 0 Å². The van der Waals surface area contributed by atoms with E-state index in [2.05, 4.69) is 12.5 Å². The monoisotopic (exact) mass is 122 g/mol. The highest BCUT2D eigenvalue weighted by Crippen LogP contribution is 1.83. The Labute approximate surface area is 49.1 Å². The maximum Gasteiger partial charge on any atom is 0.197 e. The first kappa shape index (κ1) is 10.1. The number of aliphatic hydroxyl groups is 1. The predicted molar refractivity (Wildman–Crippen MR) is 30.1 cm³/mol.